The molecular formula is C18H22IN5O4. The van der Waals surface area contributed by atoms with Gasteiger partial charge in [0.05, 0.1) is 11.4 Å². The number of halogens is 1. The summed E-state index contributed by atoms with van der Waals surface area (Å²) in [5.41, 5.74) is 2.67. The first-order chi connectivity index (χ1) is 13.2. The Labute approximate surface area is 176 Å². The molecule has 3 rings (SSSR count). The summed E-state index contributed by atoms with van der Waals surface area (Å²) in [5, 5.41) is 16.5. The number of carboxylic acids is 1. The van der Waals surface area contributed by atoms with Crippen LogP contribution in [-0.4, -0.2) is 49.1 Å². The highest BCUT2D eigenvalue weighted by Gasteiger charge is 2.29. The van der Waals surface area contributed by atoms with Crippen LogP contribution in [0.4, 0.5) is 4.79 Å². The van der Waals surface area contributed by atoms with Gasteiger partial charge in [-0.25, -0.2) is 19.6 Å². The van der Waals surface area contributed by atoms with Gasteiger partial charge in [-0.05, 0) is 45.6 Å². The van der Waals surface area contributed by atoms with Gasteiger partial charge in [0, 0.05) is 47.4 Å². The van der Waals surface area contributed by atoms with Gasteiger partial charge in [0.25, 0.3) is 0 Å². The lowest BCUT2D eigenvalue weighted by Gasteiger charge is -2.20. The molecule has 1 aliphatic carbocycles. The molecule has 2 aromatic rings. The zero-order valence-corrected chi connectivity index (χ0v) is 18.1. The maximum Gasteiger partial charge on any atom is 0.407 e. The lowest BCUT2D eigenvalue weighted by atomic mass is 9.93. The molecule has 150 valence electrons. The van der Waals surface area contributed by atoms with Crippen molar-refractivity contribution in [3.05, 3.63) is 26.8 Å². The van der Waals surface area contributed by atoms with Crippen molar-refractivity contribution in [1.29, 1.82) is 0 Å². The number of carbonyl (C=O) groups is 2. The van der Waals surface area contributed by atoms with Gasteiger partial charge in [0.1, 0.15) is 5.60 Å². The molecule has 0 saturated carbocycles. The Bertz CT molecular complexity index is 919. The summed E-state index contributed by atoms with van der Waals surface area (Å²) < 4.78 is 7.48. The molecule has 2 aromatic heterocycles. The first-order valence-electron chi connectivity index (χ1n) is 8.97. The molecule has 0 fully saturated rings. The Balaban J connectivity index is 1.77. The first kappa shape index (κ1) is 20.5. The highest BCUT2D eigenvalue weighted by Crippen LogP contribution is 2.34. The molecule has 1 aliphatic rings. The highest BCUT2D eigenvalue weighted by atomic mass is 127. The molecule has 2 N–H and O–H groups in total. The molecule has 0 aliphatic heterocycles. The van der Waals surface area contributed by atoms with Gasteiger partial charge in [-0.2, -0.15) is 5.10 Å². The average Bonchev–Trinajstić information content (AvgIpc) is 2.96. The van der Waals surface area contributed by atoms with Crippen molar-refractivity contribution >= 4 is 34.7 Å². The summed E-state index contributed by atoms with van der Waals surface area (Å²) in [7, 11) is 0. The van der Waals surface area contributed by atoms with E-state index in [2.05, 4.69) is 20.4 Å². The number of nitrogens with one attached hydrogen (secondary N) is 1. The fourth-order valence-corrected chi connectivity index (χ4v) is 3.48. The third-order valence-electron chi connectivity index (χ3n) is 4.17. The number of amides is 1. The number of carboxylic acid groups (broad SMARTS) is 1. The molecule has 0 spiro atoms. The summed E-state index contributed by atoms with van der Waals surface area (Å²) in [6, 6.07) is 0. The summed E-state index contributed by atoms with van der Waals surface area (Å²) in [6.45, 7) is 6.25. The molecule has 0 saturated heterocycles. The standard InChI is InChI=1S/C18H22IN5O4/c1-18(2,3)28-17(27)20-7-4-8-24-14-11(13(23-24)15(25)26)6-5-10-9-21-16(19)22-12(10)14/h9H,4-8H2,1-3H3,(H,20,27)(H,25,26). The van der Waals surface area contributed by atoms with Crippen LogP contribution in [0.5, 0.6) is 0 Å². The molecule has 9 nitrogen and oxygen atoms in total. The van der Waals surface area contributed by atoms with Crippen LogP contribution in [0.15, 0.2) is 6.20 Å². The minimum Gasteiger partial charge on any atom is -0.476 e. The number of hydrogen-bond acceptors (Lipinski definition) is 6. The van der Waals surface area contributed by atoms with Crippen molar-refractivity contribution in [3.8, 4) is 11.4 Å². The summed E-state index contributed by atoms with van der Waals surface area (Å²) in [6.07, 6.45) is 3.16. The van der Waals surface area contributed by atoms with E-state index in [-0.39, 0.29) is 5.69 Å². The van der Waals surface area contributed by atoms with E-state index in [0.717, 1.165) is 17.0 Å². The van der Waals surface area contributed by atoms with E-state index in [1.807, 2.05) is 22.6 Å². The third kappa shape index (κ3) is 4.59. The minimum absolute atomic E-state index is 0.0642. The van der Waals surface area contributed by atoms with E-state index < -0.39 is 17.7 Å². The van der Waals surface area contributed by atoms with Crippen LogP contribution in [-0.2, 0) is 24.1 Å². The van der Waals surface area contributed by atoms with Crippen LogP contribution in [0.3, 0.4) is 0 Å². The van der Waals surface area contributed by atoms with E-state index in [0.29, 0.717) is 41.7 Å². The number of aryl methyl sites for hydroxylation is 2. The first-order valence-corrected chi connectivity index (χ1v) is 10.0. The van der Waals surface area contributed by atoms with E-state index in [1.165, 1.54) is 0 Å². The molecule has 0 unspecified atom stereocenters. The highest BCUT2D eigenvalue weighted by molar-refractivity contribution is 14.1. The van der Waals surface area contributed by atoms with Crippen molar-refractivity contribution in [2.75, 3.05) is 6.54 Å². The maximum absolute atomic E-state index is 11.7. The van der Waals surface area contributed by atoms with Gasteiger partial charge in [-0.15, -0.1) is 0 Å². The van der Waals surface area contributed by atoms with Crippen LogP contribution in [0, 0.1) is 3.83 Å². The number of aromatic nitrogens is 4. The number of aromatic carboxylic acids is 1. The van der Waals surface area contributed by atoms with Crippen LogP contribution >= 0.6 is 22.6 Å². The minimum atomic E-state index is -1.05. The second-order valence-electron chi connectivity index (χ2n) is 7.50. The Morgan fingerprint density at radius 3 is 2.79 bits per heavy atom. The van der Waals surface area contributed by atoms with Crippen molar-refractivity contribution in [2.45, 2.75) is 52.2 Å². The summed E-state index contributed by atoms with van der Waals surface area (Å²) in [5.74, 6) is -1.05. The quantitative estimate of drug-likeness (QED) is 0.369. The Morgan fingerprint density at radius 2 is 2.11 bits per heavy atom. The Morgan fingerprint density at radius 1 is 1.36 bits per heavy atom. The molecule has 10 heteroatoms. The SMILES string of the molecule is CC(C)(C)OC(=O)NCCCn1nc(C(=O)O)c2c1-c1nc(I)ncc1CC2. The maximum atomic E-state index is 11.7. The lowest BCUT2D eigenvalue weighted by molar-refractivity contribution is 0.0526. The number of rotatable bonds is 5. The summed E-state index contributed by atoms with van der Waals surface area (Å²) in [4.78, 5) is 32.1. The van der Waals surface area contributed by atoms with Crippen molar-refractivity contribution in [2.24, 2.45) is 0 Å². The zero-order valence-electron chi connectivity index (χ0n) is 16.0. The molecule has 0 radical (unpaired) electrons. The van der Waals surface area contributed by atoms with E-state index >= 15 is 0 Å². The summed E-state index contributed by atoms with van der Waals surface area (Å²) >= 11 is 2.04. The number of alkyl carbamates (subject to hydrolysis) is 1. The van der Waals surface area contributed by atoms with Gasteiger partial charge in [-0.1, -0.05) is 0 Å². The van der Waals surface area contributed by atoms with E-state index in [4.69, 9.17) is 4.74 Å². The number of nitrogens with zero attached hydrogens (tertiary/aromatic N) is 4. The number of fused-ring (bicyclic) bond motifs is 3. The third-order valence-corrected chi connectivity index (χ3v) is 4.69. The van der Waals surface area contributed by atoms with Gasteiger partial charge < -0.3 is 15.2 Å². The zero-order chi connectivity index (χ0) is 20.5. The number of carbonyl (C=O) groups excluding carboxylic acids is 1. The molecular weight excluding hydrogens is 477 g/mol. The smallest absolute Gasteiger partial charge is 0.407 e. The molecule has 1 amide bonds. The van der Waals surface area contributed by atoms with E-state index in [1.54, 1.807) is 31.6 Å². The molecule has 2 heterocycles. The Kier molecular flexibility index (Phi) is 5.87. The van der Waals surface area contributed by atoms with Gasteiger partial charge in [0.2, 0.25) is 0 Å². The fourth-order valence-electron chi connectivity index (χ4n) is 3.10. The van der Waals surface area contributed by atoms with Gasteiger partial charge >= 0.3 is 12.1 Å². The molecule has 0 bridgehead atoms. The van der Waals surface area contributed by atoms with E-state index in [9.17, 15) is 14.7 Å². The predicted octanol–water partition coefficient (Wildman–Crippen LogP) is 2.66. The topological polar surface area (TPSA) is 119 Å². The monoisotopic (exact) mass is 499 g/mol. The molecule has 28 heavy (non-hydrogen) atoms. The average molecular weight is 499 g/mol. The van der Waals surface area contributed by atoms with Crippen LogP contribution in [0.1, 0.15) is 48.8 Å². The second-order valence-corrected chi connectivity index (χ2v) is 8.46. The molecule has 0 aromatic carbocycles. The largest absolute Gasteiger partial charge is 0.476 e. The van der Waals surface area contributed by atoms with Crippen molar-refractivity contribution in [1.82, 2.24) is 25.1 Å². The van der Waals surface area contributed by atoms with Gasteiger partial charge in [-0.3, -0.25) is 4.68 Å². The number of hydrogen-bond donors (Lipinski definition) is 2. The fraction of sp³-hybridized carbons (Fsp3) is 0.500. The van der Waals surface area contributed by atoms with Gasteiger partial charge in [0.15, 0.2) is 9.53 Å². The lowest BCUT2D eigenvalue weighted by Crippen LogP contribution is -2.33. The van der Waals surface area contributed by atoms with Crippen LogP contribution < -0.4 is 5.32 Å². The van der Waals surface area contributed by atoms with Crippen molar-refractivity contribution < 1.29 is 19.4 Å². The normalized spacial score (nSPS) is 12.9. The van der Waals surface area contributed by atoms with Crippen LogP contribution in [0.2, 0.25) is 0 Å². The Hall–Kier alpha value is -2.24. The second kappa shape index (κ2) is 8.02. The van der Waals surface area contributed by atoms with Crippen molar-refractivity contribution in [3.63, 3.8) is 0 Å². The van der Waals surface area contributed by atoms with Crippen LogP contribution in [0.25, 0.3) is 11.4 Å². The molecule has 0 atom stereocenters. The number of ether oxygens (including phenoxy) is 1. The predicted molar refractivity (Wildman–Crippen MR) is 109 cm³/mol.